The number of carbonyl (C=O) groups excluding carboxylic acids is 1. The van der Waals surface area contributed by atoms with Crippen molar-refractivity contribution in [2.24, 2.45) is 0 Å². The molecule has 2 aromatic rings. The first kappa shape index (κ1) is 16.3. The van der Waals surface area contributed by atoms with Crippen molar-refractivity contribution in [1.29, 1.82) is 0 Å². The molecule has 8 heteroatoms. The van der Waals surface area contributed by atoms with Crippen molar-refractivity contribution >= 4 is 15.9 Å². The van der Waals surface area contributed by atoms with E-state index < -0.39 is 10.0 Å². The van der Waals surface area contributed by atoms with Gasteiger partial charge in [0.1, 0.15) is 0 Å². The van der Waals surface area contributed by atoms with Crippen LogP contribution in [-0.4, -0.2) is 42.4 Å². The molecule has 1 aliphatic heterocycles. The Bertz CT molecular complexity index is 879. The van der Waals surface area contributed by atoms with Crippen molar-refractivity contribution < 1.29 is 17.7 Å². The van der Waals surface area contributed by atoms with Crippen LogP contribution in [0.25, 0.3) is 11.3 Å². The highest BCUT2D eigenvalue weighted by atomic mass is 32.2. The molecule has 1 amide bonds. The Morgan fingerprint density at radius 1 is 1.16 bits per heavy atom. The fourth-order valence-electron chi connectivity index (χ4n) is 3.77. The number of carbonyl (C=O) groups is 1. The first-order valence-electron chi connectivity index (χ1n) is 8.38. The minimum atomic E-state index is -3.84. The van der Waals surface area contributed by atoms with Crippen molar-refractivity contribution in [3.63, 3.8) is 0 Å². The van der Waals surface area contributed by atoms with Crippen molar-refractivity contribution in [2.45, 2.75) is 42.7 Å². The van der Waals surface area contributed by atoms with Gasteiger partial charge in [-0.1, -0.05) is 30.1 Å². The van der Waals surface area contributed by atoms with E-state index in [1.54, 1.807) is 30.3 Å². The second-order valence-electron chi connectivity index (χ2n) is 6.45. The zero-order valence-electron chi connectivity index (χ0n) is 13.6. The van der Waals surface area contributed by atoms with Crippen molar-refractivity contribution in [3.05, 3.63) is 36.5 Å². The normalized spacial score (nSPS) is 24.6. The van der Waals surface area contributed by atoms with Gasteiger partial charge in [-0.15, -0.1) is 0 Å². The lowest BCUT2D eigenvalue weighted by Crippen LogP contribution is -2.62. The van der Waals surface area contributed by atoms with Gasteiger partial charge in [0.05, 0.1) is 17.6 Å². The summed E-state index contributed by atoms with van der Waals surface area (Å²) in [6.07, 6.45) is 5.02. The van der Waals surface area contributed by atoms with Crippen LogP contribution in [-0.2, 0) is 14.8 Å². The first-order chi connectivity index (χ1) is 12.1. The van der Waals surface area contributed by atoms with Crippen LogP contribution in [0.15, 0.2) is 45.9 Å². The molecule has 1 saturated carbocycles. The third kappa shape index (κ3) is 2.85. The number of sulfonamides is 1. The number of benzene rings is 1. The highest BCUT2D eigenvalue weighted by Crippen LogP contribution is 2.34. The summed E-state index contributed by atoms with van der Waals surface area (Å²) in [6.45, 7) is -0.145. The second-order valence-corrected chi connectivity index (χ2v) is 8.31. The SMILES string of the molecule is O=C1CN(S(=O)(=O)c2ccccc2-c2ccno2)C2CCCCC2N1. The topological polar surface area (TPSA) is 92.5 Å². The predicted octanol–water partition coefficient (Wildman–Crippen LogP) is 1.77. The molecule has 25 heavy (non-hydrogen) atoms. The Morgan fingerprint density at radius 2 is 1.96 bits per heavy atom. The van der Waals surface area contributed by atoms with E-state index in [1.165, 1.54) is 10.5 Å². The van der Waals surface area contributed by atoms with Crippen LogP contribution >= 0.6 is 0 Å². The van der Waals surface area contributed by atoms with Crippen LogP contribution in [0.2, 0.25) is 0 Å². The maximum absolute atomic E-state index is 13.4. The molecule has 1 aromatic heterocycles. The summed E-state index contributed by atoms with van der Waals surface area (Å²) in [5.41, 5.74) is 0.457. The lowest BCUT2D eigenvalue weighted by Gasteiger charge is -2.43. The van der Waals surface area contributed by atoms with E-state index in [2.05, 4.69) is 10.5 Å². The zero-order chi connectivity index (χ0) is 17.4. The molecule has 4 rings (SSSR count). The summed E-state index contributed by atoms with van der Waals surface area (Å²) in [6, 6.07) is 7.99. The number of nitrogens with zero attached hydrogens (tertiary/aromatic N) is 2. The van der Waals surface area contributed by atoms with Crippen molar-refractivity contribution in [2.75, 3.05) is 6.54 Å². The molecule has 0 radical (unpaired) electrons. The van der Waals surface area contributed by atoms with E-state index in [1.807, 2.05) is 0 Å². The highest BCUT2D eigenvalue weighted by molar-refractivity contribution is 7.89. The molecule has 0 spiro atoms. The smallest absolute Gasteiger partial charge is 0.244 e. The summed E-state index contributed by atoms with van der Waals surface area (Å²) >= 11 is 0. The molecular formula is C17H19N3O4S. The predicted molar refractivity (Wildman–Crippen MR) is 90.0 cm³/mol. The third-order valence-electron chi connectivity index (χ3n) is 4.92. The molecule has 0 bridgehead atoms. The average molecular weight is 361 g/mol. The fraction of sp³-hybridized carbons (Fsp3) is 0.412. The van der Waals surface area contributed by atoms with Gasteiger partial charge >= 0.3 is 0 Å². The number of hydrogen-bond acceptors (Lipinski definition) is 5. The molecule has 132 valence electrons. The summed E-state index contributed by atoms with van der Waals surface area (Å²) in [5.74, 6) is 0.143. The van der Waals surface area contributed by atoms with E-state index >= 15 is 0 Å². The first-order valence-corrected chi connectivity index (χ1v) is 9.82. The summed E-state index contributed by atoms with van der Waals surface area (Å²) < 4.78 is 33.3. The molecule has 1 saturated heterocycles. The fourth-order valence-corrected chi connectivity index (χ4v) is 5.62. The van der Waals surface area contributed by atoms with Gasteiger partial charge in [0.15, 0.2) is 5.76 Å². The molecule has 1 N–H and O–H groups in total. The van der Waals surface area contributed by atoms with Gasteiger partial charge in [-0.3, -0.25) is 4.79 Å². The Kier molecular flexibility index (Phi) is 4.09. The van der Waals surface area contributed by atoms with Gasteiger partial charge in [0, 0.05) is 23.7 Å². The van der Waals surface area contributed by atoms with E-state index in [9.17, 15) is 13.2 Å². The largest absolute Gasteiger partial charge is 0.356 e. The summed E-state index contributed by atoms with van der Waals surface area (Å²) in [4.78, 5) is 12.2. The molecule has 7 nitrogen and oxygen atoms in total. The average Bonchev–Trinajstić information content (AvgIpc) is 3.15. The van der Waals surface area contributed by atoms with Gasteiger partial charge < -0.3 is 9.84 Å². The summed E-state index contributed by atoms with van der Waals surface area (Å²) in [7, 11) is -3.84. The summed E-state index contributed by atoms with van der Waals surface area (Å²) in [5, 5.41) is 6.60. The van der Waals surface area contributed by atoms with Gasteiger partial charge in [0.2, 0.25) is 15.9 Å². The zero-order valence-corrected chi connectivity index (χ0v) is 14.4. The van der Waals surface area contributed by atoms with E-state index in [4.69, 9.17) is 4.52 Å². The quantitative estimate of drug-likeness (QED) is 0.899. The van der Waals surface area contributed by atoms with Crippen LogP contribution in [0.4, 0.5) is 0 Å². The van der Waals surface area contributed by atoms with Crippen LogP contribution in [0.1, 0.15) is 25.7 Å². The number of rotatable bonds is 3. The minimum absolute atomic E-state index is 0.109. The number of fused-ring (bicyclic) bond motifs is 1. The maximum atomic E-state index is 13.4. The number of aromatic nitrogens is 1. The van der Waals surface area contributed by atoms with Gasteiger partial charge in [-0.25, -0.2) is 8.42 Å². The van der Waals surface area contributed by atoms with Gasteiger partial charge in [-0.2, -0.15) is 4.31 Å². The van der Waals surface area contributed by atoms with E-state index in [0.29, 0.717) is 11.3 Å². The number of nitrogens with one attached hydrogen (secondary N) is 1. The lowest BCUT2D eigenvalue weighted by atomic mass is 9.89. The van der Waals surface area contributed by atoms with Gasteiger partial charge in [-0.05, 0) is 25.0 Å². The molecule has 2 aliphatic rings. The van der Waals surface area contributed by atoms with Crippen molar-refractivity contribution in [1.82, 2.24) is 14.8 Å². The van der Waals surface area contributed by atoms with Crippen LogP contribution in [0.5, 0.6) is 0 Å². The van der Waals surface area contributed by atoms with Crippen molar-refractivity contribution in [3.8, 4) is 11.3 Å². The molecule has 2 atom stereocenters. The van der Waals surface area contributed by atoms with Gasteiger partial charge in [0.25, 0.3) is 0 Å². The molecule has 2 heterocycles. The molecule has 1 aromatic carbocycles. The standard InChI is InChI=1S/C17H19N3O4S/c21-17-11-20(14-7-3-2-6-13(14)19-17)25(22,23)16-8-4-1-5-12(16)15-9-10-18-24-15/h1,4-5,8-10,13-14H,2-3,6-7,11H2,(H,19,21). The minimum Gasteiger partial charge on any atom is -0.356 e. The Hall–Kier alpha value is -2.19. The van der Waals surface area contributed by atoms with Crippen LogP contribution in [0.3, 0.4) is 0 Å². The monoisotopic (exact) mass is 361 g/mol. The lowest BCUT2D eigenvalue weighted by molar-refractivity contribution is -0.125. The Labute approximate surface area is 146 Å². The van der Waals surface area contributed by atoms with Crippen LogP contribution in [0, 0.1) is 0 Å². The Balaban J connectivity index is 1.78. The molecular weight excluding hydrogens is 342 g/mol. The third-order valence-corrected chi connectivity index (χ3v) is 6.85. The highest BCUT2D eigenvalue weighted by Gasteiger charge is 2.43. The van der Waals surface area contributed by atoms with E-state index in [0.717, 1.165) is 25.7 Å². The van der Waals surface area contributed by atoms with E-state index in [-0.39, 0.29) is 29.4 Å². The molecule has 1 aliphatic carbocycles. The second kappa shape index (κ2) is 6.27. The number of amides is 1. The number of hydrogen-bond donors (Lipinski definition) is 1. The van der Waals surface area contributed by atoms with Crippen LogP contribution < -0.4 is 5.32 Å². The Morgan fingerprint density at radius 3 is 2.76 bits per heavy atom. The molecule has 2 unspecified atom stereocenters. The molecule has 2 fully saturated rings. The maximum Gasteiger partial charge on any atom is 0.244 e. The number of piperazine rings is 1.